The lowest BCUT2D eigenvalue weighted by Crippen LogP contribution is -2.52. The zero-order valence-corrected chi connectivity index (χ0v) is 20.4. The summed E-state index contributed by atoms with van der Waals surface area (Å²) < 4.78 is 0. The lowest BCUT2D eigenvalue weighted by atomic mass is 9.80. The van der Waals surface area contributed by atoms with Gasteiger partial charge in [0.05, 0.1) is 11.5 Å². The normalized spacial score (nSPS) is 21.5. The van der Waals surface area contributed by atoms with Crippen LogP contribution < -0.4 is 5.32 Å². The maximum absolute atomic E-state index is 14.0. The van der Waals surface area contributed by atoms with E-state index >= 15 is 0 Å². The van der Waals surface area contributed by atoms with E-state index in [9.17, 15) is 19.6 Å². The van der Waals surface area contributed by atoms with Crippen LogP contribution in [0.1, 0.15) is 42.7 Å². The van der Waals surface area contributed by atoms with Crippen LogP contribution >= 0.6 is 0 Å². The minimum absolute atomic E-state index is 0.0888. The van der Waals surface area contributed by atoms with E-state index in [-0.39, 0.29) is 36.6 Å². The Bertz CT molecular complexity index is 1370. The Labute approximate surface area is 208 Å². The van der Waals surface area contributed by atoms with Crippen molar-refractivity contribution < 1.29 is 14.4 Å². The quantitative estimate of drug-likeness (QED) is 0.570. The lowest BCUT2D eigenvalue weighted by molar-refractivity contribution is -0.136. The van der Waals surface area contributed by atoms with Crippen LogP contribution in [0.3, 0.4) is 0 Å². The molecule has 0 radical (unpaired) electrons. The number of nitrogens with zero attached hydrogens (tertiary/aromatic N) is 5. The number of likely N-dealkylation sites (N-methyl/N-ethyl adjacent to an activating group) is 1. The van der Waals surface area contributed by atoms with Crippen LogP contribution in [0.25, 0.3) is 11.0 Å². The van der Waals surface area contributed by atoms with Crippen LogP contribution in [0.15, 0.2) is 42.9 Å². The van der Waals surface area contributed by atoms with Crippen molar-refractivity contribution in [3.05, 3.63) is 54.1 Å². The first-order valence-corrected chi connectivity index (χ1v) is 11.9. The van der Waals surface area contributed by atoms with E-state index in [0.29, 0.717) is 28.8 Å². The maximum atomic E-state index is 14.0. The van der Waals surface area contributed by atoms with E-state index in [4.69, 9.17) is 0 Å². The number of benzene rings is 1. The average Bonchev–Trinajstić information content (AvgIpc) is 3.55. The topological polar surface area (TPSA) is 135 Å². The van der Waals surface area contributed by atoms with E-state index in [1.54, 1.807) is 19.3 Å². The molecule has 3 atom stereocenters. The first-order valence-electron chi connectivity index (χ1n) is 11.9. The largest absolute Gasteiger partial charge is 0.335 e. The van der Waals surface area contributed by atoms with Crippen molar-refractivity contribution in [3.63, 3.8) is 0 Å². The minimum atomic E-state index is -0.979. The molecule has 2 aliphatic heterocycles. The summed E-state index contributed by atoms with van der Waals surface area (Å²) in [7, 11) is 1.59. The number of aromatic amines is 1. The van der Waals surface area contributed by atoms with E-state index < -0.39 is 17.5 Å². The summed E-state index contributed by atoms with van der Waals surface area (Å²) in [6, 6.07) is 9.69. The Balaban J connectivity index is 1.46. The van der Waals surface area contributed by atoms with Crippen molar-refractivity contribution in [3.8, 4) is 6.07 Å². The van der Waals surface area contributed by atoms with E-state index in [1.165, 1.54) is 16.1 Å². The van der Waals surface area contributed by atoms with E-state index in [1.807, 2.05) is 38.1 Å². The van der Waals surface area contributed by atoms with Crippen molar-refractivity contribution >= 4 is 34.4 Å². The van der Waals surface area contributed by atoms with Gasteiger partial charge < -0.3 is 20.1 Å². The third-order valence-corrected chi connectivity index (χ3v) is 7.21. The Morgan fingerprint density at radius 1 is 1.33 bits per heavy atom. The van der Waals surface area contributed by atoms with Crippen LogP contribution in [-0.4, -0.2) is 68.1 Å². The lowest BCUT2D eigenvalue weighted by Gasteiger charge is -2.33. The van der Waals surface area contributed by atoms with Gasteiger partial charge in [-0.2, -0.15) is 5.26 Å². The molecular weight excluding hydrogens is 458 g/mol. The molecule has 4 heterocycles. The van der Waals surface area contributed by atoms with Gasteiger partial charge in [-0.3, -0.25) is 14.4 Å². The molecule has 184 valence electrons. The molecule has 3 aromatic rings. The van der Waals surface area contributed by atoms with Gasteiger partial charge in [0.25, 0.3) is 5.91 Å². The maximum Gasteiger partial charge on any atom is 0.270 e. The van der Waals surface area contributed by atoms with Gasteiger partial charge in [-0.1, -0.05) is 32.0 Å². The molecule has 36 heavy (non-hydrogen) atoms. The summed E-state index contributed by atoms with van der Waals surface area (Å²) in [5.41, 5.74) is 1.36. The molecule has 0 aliphatic carbocycles. The van der Waals surface area contributed by atoms with Crippen molar-refractivity contribution in [1.29, 1.82) is 5.26 Å². The van der Waals surface area contributed by atoms with Gasteiger partial charge in [-0.15, -0.1) is 0 Å². The highest BCUT2D eigenvalue weighted by molar-refractivity contribution is 6.07. The molecule has 1 spiro atoms. The summed E-state index contributed by atoms with van der Waals surface area (Å²) in [4.78, 5) is 54.5. The number of anilines is 1. The summed E-state index contributed by atoms with van der Waals surface area (Å²) in [6.07, 6.45) is 3.62. The fraction of sp³-hybridized carbons (Fsp3) is 0.385. The third-order valence-electron chi connectivity index (χ3n) is 7.21. The second kappa shape index (κ2) is 8.75. The minimum Gasteiger partial charge on any atom is -0.335 e. The molecule has 0 bridgehead atoms. The Kier molecular flexibility index (Phi) is 5.71. The van der Waals surface area contributed by atoms with Crippen LogP contribution in [-0.2, 0) is 15.0 Å². The zero-order valence-electron chi connectivity index (χ0n) is 20.4. The molecule has 10 nitrogen and oxygen atoms in total. The van der Waals surface area contributed by atoms with Gasteiger partial charge >= 0.3 is 0 Å². The Morgan fingerprint density at radius 3 is 2.83 bits per heavy atom. The smallest absolute Gasteiger partial charge is 0.270 e. The highest BCUT2D eigenvalue weighted by Gasteiger charge is 2.56. The third kappa shape index (κ3) is 3.68. The fourth-order valence-corrected chi connectivity index (χ4v) is 5.36. The number of nitrogens with one attached hydrogen (secondary N) is 2. The summed E-state index contributed by atoms with van der Waals surface area (Å²) in [6.45, 7) is 4.04. The second-order valence-corrected chi connectivity index (χ2v) is 9.97. The van der Waals surface area contributed by atoms with Crippen LogP contribution in [0.4, 0.5) is 5.69 Å². The molecule has 5 rings (SSSR count). The molecule has 3 amide bonds. The molecule has 10 heteroatoms. The number of amides is 3. The molecule has 1 aromatic carbocycles. The first-order chi connectivity index (χ1) is 17.2. The van der Waals surface area contributed by atoms with Gasteiger partial charge in [0.1, 0.15) is 29.8 Å². The second-order valence-electron chi connectivity index (χ2n) is 9.97. The van der Waals surface area contributed by atoms with Crippen LogP contribution in [0.5, 0.6) is 0 Å². The highest BCUT2D eigenvalue weighted by atomic mass is 16.2. The number of carbonyl (C=O) groups excluding carboxylic acids is 3. The monoisotopic (exact) mass is 485 g/mol. The number of para-hydroxylation sites is 1. The number of hydrogen-bond acceptors (Lipinski definition) is 6. The predicted octanol–water partition coefficient (Wildman–Crippen LogP) is 2.46. The number of hydrogen-bond donors (Lipinski definition) is 2. The van der Waals surface area contributed by atoms with Crippen molar-refractivity contribution in [2.24, 2.45) is 5.92 Å². The van der Waals surface area contributed by atoms with E-state index in [0.717, 1.165) is 5.56 Å². The van der Waals surface area contributed by atoms with Crippen molar-refractivity contribution in [1.82, 2.24) is 24.8 Å². The molecular formula is C26H27N7O3. The van der Waals surface area contributed by atoms with Gasteiger partial charge in [0, 0.05) is 37.3 Å². The number of aromatic nitrogens is 3. The van der Waals surface area contributed by atoms with Crippen LogP contribution in [0.2, 0.25) is 0 Å². The molecule has 1 saturated heterocycles. The molecule has 1 fully saturated rings. The van der Waals surface area contributed by atoms with Gasteiger partial charge in [-0.05, 0) is 30.0 Å². The number of fused-ring (bicyclic) bond motifs is 3. The fourth-order valence-electron chi connectivity index (χ4n) is 5.36. The van der Waals surface area contributed by atoms with Gasteiger partial charge in [0.15, 0.2) is 0 Å². The SMILES string of the molecule is CC(C)C[C@@H](C(=O)N1C[C@]2(C[C@H]1C#N)C(=O)Nc1ccccc12)N(C)C(=O)c1cc2cncnc2[nH]1. The molecule has 0 unspecified atom stereocenters. The van der Waals surface area contributed by atoms with Crippen molar-refractivity contribution in [2.45, 2.75) is 44.2 Å². The summed E-state index contributed by atoms with van der Waals surface area (Å²) in [5, 5.41) is 13.6. The first kappa shape index (κ1) is 23.5. The number of nitriles is 1. The van der Waals surface area contributed by atoms with Gasteiger partial charge in [-0.25, -0.2) is 9.97 Å². The highest BCUT2D eigenvalue weighted by Crippen LogP contribution is 2.46. The van der Waals surface area contributed by atoms with Crippen LogP contribution in [0, 0.1) is 17.2 Å². The van der Waals surface area contributed by atoms with Crippen molar-refractivity contribution in [2.75, 3.05) is 18.9 Å². The average molecular weight is 486 g/mol. The molecule has 0 saturated carbocycles. The zero-order chi connectivity index (χ0) is 25.6. The molecule has 2 aliphatic rings. The number of rotatable bonds is 5. The molecule has 2 aromatic heterocycles. The number of likely N-dealkylation sites (tertiary alicyclic amines) is 1. The number of carbonyl (C=O) groups is 3. The summed E-state index contributed by atoms with van der Waals surface area (Å²) in [5.74, 6) is -0.798. The van der Waals surface area contributed by atoms with E-state index in [2.05, 4.69) is 26.3 Å². The standard InChI is InChI=1S/C26H27N7O3/c1-15(2)8-21(32(3)23(34)20-9-16-12-28-14-29-22(16)30-20)24(35)33-13-26(10-17(33)11-27)18-6-4-5-7-19(18)31-25(26)36/h4-7,9,12,14-15,17,21H,8,10,13H2,1-3H3,(H,31,36)(H,28,29,30)/t17-,21-,26-/m0/s1. The van der Waals surface area contributed by atoms with Gasteiger partial charge in [0.2, 0.25) is 11.8 Å². The number of H-pyrrole nitrogens is 1. The Hall–Kier alpha value is -4.26. The molecule has 2 N–H and O–H groups in total. The predicted molar refractivity (Wildman–Crippen MR) is 132 cm³/mol. The Morgan fingerprint density at radius 2 is 2.11 bits per heavy atom. The summed E-state index contributed by atoms with van der Waals surface area (Å²) >= 11 is 0.